The number of nitrogens with one attached hydrogen (secondary N) is 2. The minimum Gasteiger partial charge on any atom is -0.366 e. The molecule has 2 rings (SSSR count). The van der Waals surface area contributed by atoms with Crippen molar-refractivity contribution >= 4 is 5.84 Å². The van der Waals surface area contributed by atoms with Gasteiger partial charge < -0.3 is 5.32 Å². The first kappa shape index (κ1) is 5.47. The molecule has 0 amide bonds. The van der Waals surface area contributed by atoms with Gasteiger partial charge in [0.05, 0.1) is 0 Å². The Hall–Kier alpha value is -1.31. The molecule has 0 atom stereocenters. The quantitative estimate of drug-likeness (QED) is 0.539. The van der Waals surface area contributed by atoms with Crippen LogP contribution in [0.4, 0.5) is 0 Å². The van der Waals surface area contributed by atoms with Gasteiger partial charge in [0.2, 0.25) is 0 Å². The van der Waals surface area contributed by atoms with Crippen LogP contribution in [0.5, 0.6) is 0 Å². The Balaban J connectivity index is 2.61. The van der Waals surface area contributed by atoms with Crippen LogP contribution in [-0.4, -0.2) is 5.84 Å². The lowest BCUT2D eigenvalue weighted by Gasteiger charge is -1.92. The summed E-state index contributed by atoms with van der Waals surface area (Å²) < 4.78 is 0. The minimum absolute atomic E-state index is 0.531. The van der Waals surface area contributed by atoms with Gasteiger partial charge >= 0.3 is 0 Å². The summed E-state index contributed by atoms with van der Waals surface area (Å²) in [5.74, 6) is 0.531. The first-order chi connectivity index (χ1) is 4.88. The fraction of sp³-hybridized carbons (Fsp3) is 0.125. The molecular weight excluding hydrogens is 124 g/mol. The highest BCUT2D eigenvalue weighted by molar-refractivity contribution is 6.00. The van der Waals surface area contributed by atoms with Crippen molar-refractivity contribution in [3.8, 4) is 0 Å². The molecule has 2 heteroatoms. The fourth-order valence-electron chi connectivity index (χ4n) is 1.13. The van der Waals surface area contributed by atoms with Crippen molar-refractivity contribution in [3.63, 3.8) is 0 Å². The highest BCUT2D eigenvalue weighted by Gasteiger charge is 2.12. The molecule has 49 valence electrons. The minimum atomic E-state index is 0.531. The standard InChI is InChI=1S/C8H7N2/c9-8-7-4-2-1-3-6(7)5-10-8/h2-4H,5H2,(H2,9,10). The van der Waals surface area contributed by atoms with E-state index in [1.54, 1.807) is 0 Å². The van der Waals surface area contributed by atoms with Crippen molar-refractivity contribution in [2.75, 3.05) is 0 Å². The summed E-state index contributed by atoms with van der Waals surface area (Å²) in [5.41, 5.74) is 2.19. The van der Waals surface area contributed by atoms with Gasteiger partial charge in [0, 0.05) is 12.1 Å². The van der Waals surface area contributed by atoms with Crippen LogP contribution >= 0.6 is 0 Å². The summed E-state index contributed by atoms with van der Waals surface area (Å²) >= 11 is 0. The van der Waals surface area contributed by atoms with Crippen LogP contribution in [-0.2, 0) is 6.54 Å². The van der Waals surface area contributed by atoms with E-state index in [0.29, 0.717) is 5.84 Å². The molecule has 2 N–H and O–H groups in total. The summed E-state index contributed by atoms with van der Waals surface area (Å²) in [4.78, 5) is 0. The second-order valence-electron chi connectivity index (χ2n) is 2.31. The summed E-state index contributed by atoms with van der Waals surface area (Å²) in [6, 6.07) is 8.65. The van der Waals surface area contributed by atoms with Crippen LogP contribution in [0, 0.1) is 11.5 Å². The van der Waals surface area contributed by atoms with E-state index in [9.17, 15) is 0 Å². The van der Waals surface area contributed by atoms with E-state index in [1.165, 1.54) is 5.56 Å². The maximum atomic E-state index is 7.41. The Morgan fingerprint density at radius 1 is 1.60 bits per heavy atom. The van der Waals surface area contributed by atoms with E-state index < -0.39 is 0 Å². The first-order valence-corrected chi connectivity index (χ1v) is 3.20. The van der Waals surface area contributed by atoms with Gasteiger partial charge in [-0.05, 0) is 17.7 Å². The molecule has 0 spiro atoms. The lowest BCUT2D eigenvalue weighted by Crippen LogP contribution is -2.12. The SMILES string of the molecule is N=C1NCc2c[c]ccc21. The summed E-state index contributed by atoms with van der Waals surface area (Å²) in [6.45, 7) is 0.783. The Labute approximate surface area is 59.4 Å². The van der Waals surface area contributed by atoms with Crippen molar-refractivity contribution in [2.24, 2.45) is 0 Å². The third-order valence-electron chi connectivity index (χ3n) is 1.67. The van der Waals surface area contributed by atoms with Crippen molar-refractivity contribution < 1.29 is 0 Å². The molecule has 1 heterocycles. The topological polar surface area (TPSA) is 35.9 Å². The van der Waals surface area contributed by atoms with E-state index in [-0.39, 0.29) is 0 Å². The molecule has 0 fully saturated rings. The number of fused-ring (bicyclic) bond motifs is 1. The lowest BCUT2D eigenvalue weighted by molar-refractivity contribution is 0.957. The predicted octanol–water partition coefficient (Wildman–Crippen LogP) is 0.915. The van der Waals surface area contributed by atoms with Crippen molar-refractivity contribution in [1.29, 1.82) is 5.41 Å². The molecule has 0 aliphatic carbocycles. The van der Waals surface area contributed by atoms with Gasteiger partial charge in [0.15, 0.2) is 0 Å². The summed E-state index contributed by atoms with van der Waals surface area (Å²) in [7, 11) is 0. The molecule has 1 radical (unpaired) electrons. The van der Waals surface area contributed by atoms with Gasteiger partial charge in [-0.25, -0.2) is 0 Å². The molecule has 0 aromatic heterocycles. The lowest BCUT2D eigenvalue weighted by atomic mass is 10.1. The fourth-order valence-corrected chi connectivity index (χ4v) is 1.13. The van der Waals surface area contributed by atoms with Gasteiger partial charge in [0.25, 0.3) is 0 Å². The predicted molar refractivity (Wildman–Crippen MR) is 38.9 cm³/mol. The molecule has 0 saturated carbocycles. The van der Waals surface area contributed by atoms with E-state index in [1.807, 2.05) is 18.2 Å². The zero-order valence-corrected chi connectivity index (χ0v) is 5.44. The smallest absolute Gasteiger partial charge is 0.126 e. The zero-order chi connectivity index (χ0) is 6.97. The first-order valence-electron chi connectivity index (χ1n) is 3.20. The highest BCUT2D eigenvalue weighted by atomic mass is 15.0. The van der Waals surface area contributed by atoms with Crippen molar-refractivity contribution in [3.05, 3.63) is 35.4 Å². The van der Waals surface area contributed by atoms with Crippen LogP contribution in [0.3, 0.4) is 0 Å². The molecule has 0 unspecified atom stereocenters. The molecule has 0 bridgehead atoms. The molecule has 1 aromatic carbocycles. The summed E-state index contributed by atoms with van der Waals surface area (Å²) in [5, 5.41) is 10.4. The normalized spacial score (nSPS) is 14.6. The second kappa shape index (κ2) is 1.84. The molecule has 1 aliphatic rings. The third kappa shape index (κ3) is 0.620. The Kier molecular flexibility index (Phi) is 1.01. The van der Waals surface area contributed by atoms with Crippen molar-refractivity contribution in [1.82, 2.24) is 5.32 Å². The van der Waals surface area contributed by atoms with Crippen LogP contribution in [0.25, 0.3) is 0 Å². The van der Waals surface area contributed by atoms with Gasteiger partial charge in [0.1, 0.15) is 5.84 Å². The van der Waals surface area contributed by atoms with Crippen LogP contribution in [0.1, 0.15) is 11.1 Å². The Morgan fingerprint density at radius 3 is 3.30 bits per heavy atom. The average molecular weight is 131 g/mol. The van der Waals surface area contributed by atoms with Gasteiger partial charge in [-0.1, -0.05) is 12.1 Å². The largest absolute Gasteiger partial charge is 0.366 e. The van der Waals surface area contributed by atoms with Gasteiger partial charge in [-0.15, -0.1) is 0 Å². The van der Waals surface area contributed by atoms with E-state index in [4.69, 9.17) is 5.41 Å². The number of rotatable bonds is 0. The maximum absolute atomic E-state index is 7.41. The van der Waals surface area contributed by atoms with E-state index >= 15 is 0 Å². The average Bonchev–Trinajstić information content (AvgIpc) is 2.34. The number of hydrogen-bond acceptors (Lipinski definition) is 1. The Bertz CT molecular complexity index is 278. The van der Waals surface area contributed by atoms with Gasteiger partial charge in [-0.2, -0.15) is 0 Å². The molecular formula is C8H7N2. The monoisotopic (exact) mass is 131 g/mol. The van der Waals surface area contributed by atoms with Crippen LogP contribution < -0.4 is 5.32 Å². The molecule has 10 heavy (non-hydrogen) atoms. The molecule has 1 aromatic rings. The van der Waals surface area contributed by atoms with Crippen LogP contribution in [0.2, 0.25) is 0 Å². The highest BCUT2D eigenvalue weighted by Crippen LogP contribution is 2.12. The zero-order valence-electron chi connectivity index (χ0n) is 5.44. The molecule has 0 saturated heterocycles. The maximum Gasteiger partial charge on any atom is 0.126 e. The second-order valence-corrected chi connectivity index (χ2v) is 2.31. The third-order valence-corrected chi connectivity index (χ3v) is 1.67. The number of amidine groups is 1. The number of hydrogen-bond donors (Lipinski definition) is 2. The van der Waals surface area contributed by atoms with Crippen molar-refractivity contribution in [2.45, 2.75) is 6.54 Å². The van der Waals surface area contributed by atoms with Crippen LogP contribution in [0.15, 0.2) is 18.2 Å². The summed E-state index contributed by atoms with van der Waals surface area (Å²) in [6.07, 6.45) is 0. The van der Waals surface area contributed by atoms with E-state index in [2.05, 4.69) is 11.4 Å². The number of benzene rings is 1. The van der Waals surface area contributed by atoms with E-state index in [0.717, 1.165) is 12.1 Å². The molecule has 1 aliphatic heterocycles. The Morgan fingerprint density at radius 2 is 2.50 bits per heavy atom. The molecule has 2 nitrogen and oxygen atoms in total. The van der Waals surface area contributed by atoms with Gasteiger partial charge in [-0.3, -0.25) is 5.41 Å².